The summed E-state index contributed by atoms with van der Waals surface area (Å²) >= 11 is 8.53. The Morgan fingerprint density at radius 2 is 1.82 bits per heavy atom. The first-order valence-corrected chi connectivity index (χ1v) is 13.0. The quantitative estimate of drug-likeness (QED) is 0.284. The van der Waals surface area contributed by atoms with Gasteiger partial charge in [-0.1, -0.05) is 27.4 Å². The van der Waals surface area contributed by atoms with Gasteiger partial charge < -0.3 is 10.1 Å². The first kappa shape index (κ1) is 24.8. The zero-order chi connectivity index (χ0) is 24.7. The molecule has 0 aliphatic heterocycles. The fraction of sp³-hybridized carbons (Fsp3) is 0.481. The van der Waals surface area contributed by atoms with E-state index in [1.807, 2.05) is 20.0 Å². The number of thiazole rings is 1. The molecule has 1 aliphatic rings. The van der Waals surface area contributed by atoms with Crippen molar-refractivity contribution in [3.63, 3.8) is 0 Å². The molecular formula is C27H33ClN4OS. The van der Waals surface area contributed by atoms with E-state index < -0.39 is 4.87 Å². The molecule has 0 atom stereocenters. The van der Waals surface area contributed by atoms with E-state index in [4.69, 9.17) is 16.6 Å². The SMILES string of the molecule is C=C(Nc1cc2sc(C3CCC(C=O)CC3)nc2cc1C(C)(C)Cl)c1cnc(C(C)(C)C)cn1. The van der Waals surface area contributed by atoms with Gasteiger partial charge in [-0.25, -0.2) is 4.98 Å². The number of anilines is 1. The molecule has 0 amide bonds. The average molecular weight is 497 g/mol. The van der Waals surface area contributed by atoms with Crippen LogP contribution in [-0.4, -0.2) is 21.2 Å². The highest BCUT2D eigenvalue weighted by atomic mass is 35.5. The van der Waals surface area contributed by atoms with Crippen molar-refractivity contribution in [1.29, 1.82) is 0 Å². The number of alkyl halides is 1. The number of benzene rings is 1. The predicted molar refractivity (Wildman–Crippen MR) is 143 cm³/mol. The Morgan fingerprint density at radius 1 is 1.12 bits per heavy atom. The summed E-state index contributed by atoms with van der Waals surface area (Å²) in [6.45, 7) is 14.5. The highest BCUT2D eigenvalue weighted by Crippen LogP contribution is 2.42. The molecule has 34 heavy (non-hydrogen) atoms. The monoisotopic (exact) mass is 496 g/mol. The highest BCUT2D eigenvalue weighted by molar-refractivity contribution is 7.18. The molecule has 2 heterocycles. The van der Waals surface area contributed by atoms with Gasteiger partial charge in [0.25, 0.3) is 0 Å². The van der Waals surface area contributed by atoms with Crippen molar-refractivity contribution in [2.24, 2.45) is 5.92 Å². The van der Waals surface area contributed by atoms with Crippen molar-refractivity contribution < 1.29 is 4.79 Å². The summed E-state index contributed by atoms with van der Waals surface area (Å²) in [7, 11) is 0. The van der Waals surface area contributed by atoms with E-state index in [9.17, 15) is 4.79 Å². The van der Waals surface area contributed by atoms with Crippen LogP contribution in [0.25, 0.3) is 15.9 Å². The van der Waals surface area contributed by atoms with Crippen LogP contribution >= 0.6 is 22.9 Å². The maximum Gasteiger partial charge on any atom is 0.123 e. The molecular weight excluding hydrogens is 464 g/mol. The summed E-state index contributed by atoms with van der Waals surface area (Å²) in [4.78, 5) is 24.7. The fourth-order valence-electron chi connectivity index (χ4n) is 4.36. The number of halogens is 1. The number of aromatic nitrogens is 3. The zero-order valence-electron chi connectivity index (χ0n) is 20.6. The summed E-state index contributed by atoms with van der Waals surface area (Å²) in [5.41, 5.74) is 5.08. The zero-order valence-corrected chi connectivity index (χ0v) is 22.2. The number of nitrogens with one attached hydrogen (secondary N) is 1. The Hall–Kier alpha value is -2.31. The van der Waals surface area contributed by atoms with Gasteiger partial charge in [-0.2, -0.15) is 0 Å². The summed E-state index contributed by atoms with van der Waals surface area (Å²) in [5, 5.41) is 4.59. The first-order valence-electron chi connectivity index (χ1n) is 11.8. The lowest BCUT2D eigenvalue weighted by molar-refractivity contribution is -0.111. The molecule has 0 saturated heterocycles. The average Bonchev–Trinajstić information content (AvgIpc) is 3.20. The molecule has 1 aliphatic carbocycles. The van der Waals surface area contributed by atoms with Crippen molar-refractivity contribution in [2.75, 3.05) is 5.32 Å². The fourth-order valence-corrected chi connectivity index (χ4v) is 5.68. The summed E-state index contributed by atoms with van der Waals surface area (Å²) in [5.74, 6) is 0.626. The van der Waals surface area contributed by atoms with Crippen LogP contribution in [0.1, 0.15) is 88.2 Å². The van der Waals surface area contributed by atoms with E-state index in [1.165, 1.54) is 0 Å². The topological polar surface area (TPSA) is 67.8 Å². The Labute approximate surface area is 211 Å². The molecule has 2 aromatic heterocycles. The van der Waals surface area contributed by atoms with E-state index in [2.05, 4.69) is 54.8 Å². The normalized spacial score (nSPS) is 19.2. The Kier molecular flexibility index (Phi) is 6.85. The molecule has 0 spiro atoms. The summed E-state index contributed by atoms with van der Waals surface area (Å²) < 4.78 is 1.11. The van der Waals surface area contributed by atoms with Gasteiger partial charge in [-0.3, -0.25) is 9.97 Å². The maximum atomic E-state index is 11.1. The van der Waals surface area contributed by atoms with Crippen LogP contribution < -0.4 is 5.32 Å². The minimum atomic E-state index is -0.593. The van der Waals surface area contributed by atoms with E-state index >= 15 is 0 Å². The third-order valence-electron chi connectivity index (χ3n) is 6.51. The maximum absolute atomic E-state index is 11.1. The lowest BCUT2D eigenvalue weighted by Gasteiger charge is -2.23. The minimum Gasteiger partial charge on any atom is -0.354 e. The van der Waals surface area contributed by atoms with Crippen LogP contribution in [0.5, 0.6) is 0 Å². The Bertz CT molecular complexity index is 1200. The molecule has 3 aromatic rings. The lowest BCUT2D eigenvalue weighted by atomic mass is 9.83. The van der Waals surface area contributed by atoms with Gasteiger partial charge in [-0.05, 0) is 57.2 Å². The highest BCUT2D eigenvalue weighted by Gasteiger charge is 2.27. The second-order valence-electron chi connectivity index (χ2n) is 10.8. The van der Waals surface area contributed by atoms with Crippen molar-refractivity contribution in [2.45, 2.75) is 76.5 Å². The van der Waals surface area contributed by atoms with Crippen molar-refractivity contribution >= 4 is 50.8 Å². The van der Waals surface area contributed by atoms with Gasteiger partial charge in [0.15, 0.2) is 0 Å². The summed E-state index contributed by atoms with van der Waals surface area (Å²) in [6, 6.07) is 4.21. The molecule has 0 unspecified atom stereocenters. The summed E-state index contributed by atoms with van der Waals surface area (Å²) in [6.07, 6.45) is 8.62. The van der Waals surface area contributed by atoms with Crippen LogP contribution in [0.15, 0.2) is 31.1 Å². The molecule has 5 nitrogen and oxygen atoms in total. The molecule has 0 bridgehead atoms. The van der Waals surface area contributed by atoms with Gasteiger partial charge in [0.1, 0.15) is 12.0 Å². The molecule has 1 fully saturated rings. The number of carbonyl (C=O) groups is 1. The number of rotatable bonds is 6. The second kappa shape index (κ2) is 9.38. The van der Waals surface area contributed by atoms with Crippen LogP contribution in [0.4, 0.5) is 5.69 Å². The number of nitrogens with zero attached hydrogens (tertiary/aromatic N) is 3. The van der Waals surface area contributed by atoms with Gasteiger partial charge in [0.2, 0.25) is 0 Å². The second-order valence-corrected chi connectivity index (χ2v) is 12.8. The van der Waals surface area contributed by atoms with Crippen LogP contribution in [0.2, 0.25) is 0 Å². The Morgan fingerprint density at radius 3 is 2.38 bits per heavy atom. The van der Waals surface area contributed by atoms with Crippen LogP contribution in [-0.2, 0) is 15.1 Å². The van der Waals surface area contributed by atoms with Gasteiger partial charge >= 0.3 is 0 Å². The van der Waals surface area contributed by atoms with Gasteiger partial charge in [-0.15, -0.1) is 22.9 Å². The Balaban J connectivity index is 1.63. The van der Waals surface area contributed by atoms with E-state index in [0.29, 0.717) is 17.3 Å². The van der Waals surface area contributed by atoms with Crippen molar-refractivity contribution in [1.82, 2.24) is 15.0 Å². The first-order chi connectivity index (χ1) is 16.0. The molecule has 1 aromatic carbocycles. The minimum absolute atomic E-state index is 0.0580. The largest absolute Gasteiger partial charge is 0.354 e. The molecule has 180 valence electrons. The number of hydrogen-bond acceptors (Lipinski definition) is 6. The third-order valence-corrected chi connectivity index (χ3v) is 7.90. The van der Waals surface area contributed by atoms with E-state index in [-0.39, 0.29) is 11.3 Å². The molecule has 4 rings (SSSR count). The van der Waals surface area contributed by atoms with Crippen molar-refractivity contribution in [3.05, 3.63) is 53.1 Å². The van der Waals surface area contributed by atoms with E-state index in [0.717, 1.165) is 64.1 Å². The molecule has 1 N–H and O–H groups in total. The van der Waals surface area contributed by atoms with Gasteiger partial charge in [0.05, 0.1) is 37.7 Å². The van der Waals surface area contributed by atoms with E-state index in [1.54, 1.807) is 17.5 Å². The number of aldehydes is 1. The third kappa shape index (κ3) is 5.33. The number of fused-ring (bicyclic) bond motifs is 1. The molecule has 1 saturated carbocycles. The molecule has 0 radical (unpaired) electrons. The van der Waals surface area contributed by atoms with Crippen LogP contribution in [0.3, 0.4) is 0 Å². The molecule has 7 heteroatoms. The van der Waals surface area contributed by atoms with Crippen LogP contribution in [0, 0.1) is 5.92 Å². The number of carbonyl (C=O) groups excluding carboxylic acids is 1. The lowest BCUT2D eigenvalue weighted by Crippen LogP contribution is -2.15. The number of hydrogen-bond donors (Lipinski definition) is 1. The standard InChI is InChI=1S/C27H33ClN4OS/c1-16(22-13-30-24(14-29-22)26(2,3)4)31-20-12-23-21(11-19(20)27(5,6)28)32-25(34-23)18-9-7-17(15-33)8-10-18/h11-15,17-18,31H,1,7-10H2,2-6H3. The van der Waals surface area contributed by atoms with Gasteiger partial charge in [0, 0.05) is 29.1 Å². The smallest absolute Gasteiger partial charge is 0.123 e. The van der Waals surface area contributed by atoms with Crippen molar-refractivity contribution in [3.8, 4) is 0 Å². The predicted octanol–water partition coefficient (Wildman–Crippen LogP) is 7.41.